The van der Waals surface area contributed by atoms with E-state index in [1.54, 1.807) is 0 Å². The van der Waals surface area contributed by atoms with E-state index in [9.17, 15) is 0 Å². The molecule has 2 aromatic rings. The summed E-state index contributed by atoms with van der Waals surface area (Å²) in [6, 6.07) is 9.88. The number of benzene rings is 1. The Morgan fingerprint density at radius 2 is 2.17 bits per heavy atom. The van der Waals surface area contributed by atoms with E-state index in [2.05, 4.69) is 40.3 Å². The SMILES string of the molecule is Cl.c1ccc2c(CNC3CCCC3C3COCCN3)csc2c1. The summed E-state index contributed by atoms with van der Waals surface area (Å²) in [6.07, 6.45) is 3.96. The van der Waals surface area contributed by atoms with Gasteiger partial charge in [0, 0.05) is 29.9 Å². The maximum atomic E-state index is 5.66. The molecule has 1 aliphatic carbocycles. The minimum absolute atomic E-state index is 0. The molecule has 126 valence electrons. The van der Waals surface area contributed by atoms with Gasteiger partial charge in [0.05, 0.1) is 13.2 Å². The van der Waals surface area contributed by atoms with Crippen LogP contribution >= 0.6 is 23.7 Å². The summed E-state index contributed by atoms with van der Waals surface area (Å²) >= 11 is 1.85. The van der Waals surface area contributed by atoms with Crippen LogP contribution in [0.3, 0.4) is 0 Å². The number of hydrogen-bond donors (Lipinski definition) is 2. The first-order chi connectivity index (χ1) is 10.9. The van der Waals surface area contributed by atoms with E-state index in [1.165, 1.54) is 34.9 Å². The van der Waals surface area contributed by atoms with Crippen molar-refractivity contribution in [1.82, 2.24) is 10.6 Å². The first-order valence-electron chi connectivity index (χ1n) is 8.41. The van der Waals surface area contributed by atoms with Gasteiger partial charge in [0.15, 0.2) is 0 Å². The van der Waals surface area contributed by atoms with Gasteiger partial charge in [-0.05, 0) is 41.2 Å². The van der Waals surface area contributed by atoms with Gasteiger partial charge < -0.3 is 15.4 Å². The van der Waals surface area contributed by atoms with Crippen molar-refractivity contribution in [3.8, 4) is 0 Å². The first-order valence-corrected chi connectivity index (χ1v) is 9.29. The second kappa shape index (κ2) is 7.95. The molecule has 1 saturated heterocycles. The molecule has 3 atom stereocenters. The molecule has 1 saturated carbocycles. The van der Waals surface area contributed by atoms with E-state index in [1.807, 2.05) is 11.3 Å². The Hall–Kier alpha value is -0.650. The van der Waals surface area contributed by atoms with Crippen molar-refractivity contribution in [3.63, 3.8) is 0 Å². The standard InChI is InChI=1S/C18H24N2OS.ClH/c1-2-7-18-14(4-1)13(12-22-18)10-20-16-6-3-5-15(16)17-11-21-9-8-19-17;/h1-2,4,7,12,15-17,19-20H,3,5-6,8-11H2;1H. The van der Waals surface area contributed by atoms with Crippen molar-refractivity contribution in [2.24, 2.45) is 5.92 Å². The molecular formula is C18H25ClN2OS. The Labute approximate surface area is 148 Å². The van der Waals surface area contributed by atoms with Crippen molar-refractivity contribution >= 4 is 33.8 Å². The number of nitrogens with one attached hydrogen (secondary N) is 2. The number of morpholine rings is 1. The summed E-state index contributed by atoms with van der Waals surface area (Å²) in [6.45, 7) is 3.73. The van der Waals surface area contributed by atoms with Crippen molar-refractivity contribution in [2.75, 3.05) is 19.8 Å². The number of thiophene rings is 1. The van der Waals surface area contributed by atoms with E-state index in [0.29, 0.717) is 18.0 Å². The molecule has 0 bridgehead atoms. The van der Waals surface area contributed by atoms with Crippen LogP contribution in [-0.2, 0) is 11.3 Å². The van der Waals surface area contributed by atoms with Crippen molar-refractivity contribution < 1.29 is 4.74 Å². The van der Waals surface area contributed by atoms with Crippen molar-refractivity contribution in [1.29, 1.82) is 0 Å². The van der Waals surface area contributed by atoms with E-state index in [4.69, 9.17) is 4.74 Å². The smallest absolute Gasteiger partial charge is 0.0623 e. The van der Waals surface area contributed by atoms with Gasteiger partial charge in [0.2, 0.25) is 0 Å². The van der Waals surface area contributed by atoms with Crippen LogP contribution in [0.5, 0.6) is 0 Å². The average molecular weight is 353 g/mol. The summed E-state index contributed by atoms with van der Waals surface area (Å²) in [5.41, 5.74) is 1.44. The van der Waals surface area contributed by atoms with Gasteiger partial charge in [-0.1, -0.05) is 24.6 Å². The van der Waals surface area contributed by atoms with Gasteiger partial charge in [-0.2, -0.15) is 0 Å². The third-order valence-electron chi connectivity index (χ3n) is 5.15. The third kappa shape index (κ3) is 3.72. The summed E-state index contributed by atoms with van der Waals surface area (Å²) < 4.78 is 7.06. The Morgan fingerprint density at radius 3 is 3.04 bits per heavy atom. The quantitative estimate of drug-likeness (QED) is 0.882. The van der Waals surface area contributed by atoms with Crippen LogP contribution in [0.1, 0.15) is 24.8 Å². The molecule has 0 spiro atoms. The van der Waals surface area contributed by atoms with E-state index in [-0.39, 0.29) is 12.4 Å². The van der Waals surface area contributed by atoms with Crippen LogP contribution in [0.2, 0.25) is 0 Å². The Bertz CT molecular complexity index is 626. The summed E-state index contributed by atoms with van der Waals surface area (Å²) in [7, 11) is 0. The molecule has 1 aromatic carbocycles. The molecule has 2 fully saturated rings. The van der Waals surface area contributed by atoms with Crippen LogP contribution < -0.4 is 10.6 Å². The van der Waals surface area contributed by atoms with Crippen LogP contribution in [0.25, 0.3) is 10.1 Å². The van der Waals surface area contributed by atoms with Gasteiger partial charge in [-0.15, -0.1) is 23.7 Å². The number of halogens is 1. The molecule has 3 nitrogen and oxygen atoms in total. The highest BCUT2D eigenvalue weighted by molar-refractivity contribution is 7.17. The van der Waals surface area contributed by atoms with Crippen LogP contribution in [0.4, 0.5) is 0 Å². The molecule has 5 heteroatoms. The Balaban J connectivity index is 0.00000156. The fourth-order valence-corrected chi connectivity index (χ4v) is 4.96. The van der Waals surface area contributed by atoms with Crippen LogP contribution in [0, 0.1) is 5.92 Å². The zero-order valence-electron chi connectivity index (χ0n) is 13.3. The van der Waals surface area contributed by atoms with Gasteiger partial charge >= 0.3 is 0 Å². The zero-order valence-corrected chi connectivity index (χ0v) is 14.9. The lowest BCUT2D eigenvalue weighted by Gasteiger charge is -2.33. The Morgan fingerprint density at radius 1 is 1.26 bits per heavy atom. The molecular weight excluding hydrogens is 328 g/mol. The van der Waals surface area contributed by atoms with Crippen LogP contribution in [-0.4, -0.2) is 31.8 Å². The highest BCUT2D eigenvalue weighted by Gasteiger charge is 2.34. The molecule has 2 aliphatic rings. The second-order valence-corrected chi connectivity index (χ2v) is 7.39. The largest absolute Gasteiger partial charge is 0.379 e. The lowest BCUT2D eigenvalue weighted by atomic mass is 9.94. The highest BCUT2D eigenvalue weighted by atomic mass is 35.5. The molecule has 23 heavy (non-hydrogen) atoms. The lowest BCUT2D eigenvalue weighted by Crippen LogP contribution is -2.50. The van der Waals surface area contributed by atoms with Gasteiger partial charge in [-0.3, -0.25) is 0 Å². The number of rotatable bonds is 4. The maximum Gasteiger partial charge on any atom is 0.0623 e. The normalized spacial score (nSPS) is 27.9. The predicted molar refractivity (Wildman–Crippen MR) is 99.7 cm³/mol. The van der Waals surface area contributed by atoms with E-state index >= 15 is 0 Å². The second-order valence-electron chi connectivity index (χ2n) is 6.47. The summed E-state index contributed by atoms with van der Waals surface area (Å²) in [5, 5.41) is 11.2. The molecule has 0 radical (unpaired) electrons. The van der Waals surface area contributed by atoms with Crippen molar-refractivity contribution in [3.05, 3.63) is 35.2 Å². The third-order valence-corrected chi connectivity index (χ3v) is 6.16. The van der Waals surface area contributed by atoms with Gasteiger partial charge in [-0.25, -0.2) is 0 Å². The molecule has 2 N–H and O–H groups in total. The number of ether oxygens (including phenoxy) is 1. The molecule has 4 rings (SSSR count). The minimum Gasteiger partial charge on any atom is -0.379 e. The minimum atomic E-state index is 0. The maximum absolute atomic E-state index is 5.66. The summed E-state index contributed by atoms with van der Waals surface area (Å²) in [4.78, 5) is 0. The highest BCUT2D eigenvalue weighted by Crippen LogP contribution is 2.31. The predicted octanol–water partition coefficient (Wildman–Crippen LogP) is 3.57. The first kappa shape index (κ1) is 17.2. The number of fused-ring (bicyclic) bond motifs is 1. The monoisotopic (exact) mass is 352 g/mol. The fraction of sp³-hybridized carbons (Fsp3) is 0.556. The molecule has 0 amide bonds. The molecule has 2 heterocycles. The van der Waals surface area contributed by atoms with Gasteiger partial charge in [0.25, 0.3) is 0 Å². The molecule has 1 aliphatic heterocycles. The Kier molecular flexibility index (Phi) is 5.94. The lowest BCUT2D eigenvalue weighted by molar-refractivity contribution is 0.0524. The summed E-state index contributed by atoms with van der Waals surface area (Å²) in [5.74, 6) is 0.713. The fourth-order valence-electron chi connectivity index (χ4n) is 4.00. The molecule has 1 aromatic heterocycles. The van der Waals surface area contributed by atoms with Crippen molar-refractivity contribution in [2.45, 2.75) is 37.9 Å². The zero-order chi connectivity index (χ0) is 14.8. The van der Waals surface area contributed by atoms with E-state index < -0.39 is 0 Å². The van der Waals surface area contributed by atoms with Crippen LogP contribution in [0.15, 0.2) is 29.6 Å². The van der Waals surface area contributed by atoms with E-state index in [0.717, 1.165) is 26.3 Å². The molecule has 3 unspecified atom stereocenters. The average Bonchev–Trinajstić information content (AvgIpc) is 3.20. The number of hydrogen-bond acceptors (Lipinski definition) is 4. The topological polar surface area (TPSA) is 33.3 Å². The van der Waals surface area contributed by atoms with Gasteiger partial charge in [0.1, 0.15) is 0 Å².